The van der Waals surface area contributed by atoms with Crippen molar-refractivity contribution in [3.05, 3.63) is 54.1 Å². The summed E-state index contributed by atoms with van der Waals surface area (Å²) in [6, 6.07) is 10.4. The van der Waals surface area contributed by atoms with Gasteiger partial charge in [0.2, 0.25) is 0 Å². The van der Waals surface area contributed by atoms with E-state index in [1.807, 2.05) is 24.7 Å². The topological polar surface area (TPSA) is 43.6 Å². The van der Waals surface area contributed by atoms with E-state index in [1.165, 1.54) is 5.56 Å². The van der Waals surface area contributed by atoms with Crippen molar-refractivity contribution in [3.8, 4) is 0 Å². The maximum atomic E-state index is 4.45. The van der Waals surface area contributed by atoms with Crippen molar-refractivity contribution in [2.45, 2.75) is 21.0 Å². The van der Waals surface area contributed by atoms with Gasteiger partial charge in [0.15, 0.2) is 8.68 Å². The third-order valence-corrected chi connectivity index (χ3v) is 5.91. The zero-order valence-corrected chi connectivity index (χ0v) is 13.9. The highest BCUT2D eigenvalue weighted by atomic mass is 32.2. The van der Waals surface area contributed by atoms with Gasteiger partial charge in [0.25, 0.3) is 0 Å². The minimum absolute atomic E-state index is 0.808. The number of thioether (sulfide) groups is 2. The standard InChI is InChI=1S/C14H14N4S3/c1-19-13-16-17-14(21-13)20-10-12-15-7-8-18(12)9-11-5-3-2-4-6-11/h2-8H,9-10H2,1H3. The Morgan fingerprint density at radius 2 is 1.95 bits per heavy atom. The van der Waals surface area contributed by atoms with E-state index in [4.69, 9.17) is 0 Å². The lowest BCUT2D eigenvalue weighted by Gasteiger charge is -2.07. The number of aromatic nitrogens is 4. The normalized spacial score (nSPS) is 10.9. The predicted octanol–water partition coefficient (Wildman–Crippen LogP) is 3.80. The molecule has 2 aromatic heterocycles. The lowest BCUT2D eigenvalue weighted by Crippen LogP contribution is -2.03. The van der Waals surface area contributed by atoms with Crippen LogP contribution in [0.5, 0.6) is 0 Å². The van der Waals surface area contributed by atoms with Crippen LogP contribution < -0.4 is 0 Å². The molecule has 3 rings (SSSR count). The Balaban J connectivity index is 1.65. The van der Waals surface area contributed by atoms with E-state index in [0.29, 0.717) is 0 Å². The molecule has 4 nitrogen and oxygen atoms in total. The molecule has 0 amide bonds. The van der Waals surface area contributed by atoms with Crippen LogP contribution >= 0.6 is 34.9 Å². The molecule has 1 aromatic carbocycles. The second-order valence-corrected chi connectivity index (χ2v) is 7.54. The van der Waals surface area contributed by atoms with Crippen molar-refractivity contribution in [2.75, 3.05) is 6.26 Å². The Labute approximate surface area is 136 Å². The van der Waals surface area contributed by atoms with Gasteiger partial charge in [-0.25, -0.2) is 4.98 Å². The van der Waals surface area contributed by atoms with Gasteiger partial charge >= 0.3 is 0 Å². The van der Waals surface area contributed by atoms with Gasteiger partial charge in [0.05, 0.1) is 5.75 Å². The maximum Gasteiger partial charge on any atom is 0.175 e. The molecule has 0 atom stereocenters. The molecule has 0 aliphatic rings. The van der Waals surface area contributed by atoms with Gasteiger partial charge in [-0.15, -0.1) is 10.2 Å². The fourth-order valence-electron chi connectivity index (χ4n) is 1.87. The van der Waals surface area contributed by atoms with Crippen LogP contribution in [0.2, 0.25) is 0 Å². The molecule has 0 aliphatic heterocycles. The first kappa shape index (κ1) is 14.6. The van der Waals surface area contributed by atoms with E-state index in [-0.39, 0.29) is 0 Å². The summed E-state index contributed by atoms with van der Waals surface area (Å²) in [6.45, 7) is 0.850. The highest BCUT2D eigenvalue weighted by molar-refractivity contribution is 8.02. The summed E-state index contributed by atoms with van der Waals surface area (Å²) in [5.41, 5.74) is 1.28. The molecule has 0 spiro atoms. The second-order valence-electron chi connectivity index (χ2n) is 4.28. The largest absolute Gasteiger partial charge is 0.330 e. The first-order valence-corrected chi connectivity index (χ1v) is 9.42. The van der Waals surface area contributed by atoms with E-state index in [0.717, 1.165) is 26.8 Å². The lowest BCUT2D eigenvalue weighted by molar-refractivity contribution is 0.756. The van der Waals surface area contributed by atoms with Crippen LogP contribution in [0, 0.1) is 0 Å². The van der Waals surface area contributed by atoms with Gasteiger partial charge < -0.3 is 4.57 Å². The van der Waals surface area contributed by atoms with Crippen LogP contribution in [0.3, 0.4) is 0 Å². The van der Waals surface area contributed by atoms with Gasteiger partial charge in [-0.1, -0.05) is 65.2 Å². The lowest BCUT2D eigenvalue weighted by atomic mass is 10.2. The van der Waals surface area contributed by atoms with Gasteiger partial charge in [-0.05, 0) is 11.8 Å². The van der Waals surface area contributed by atoms with Crippen LogP contribution in [0.1, 0.15) is 11.4 Å². The maximum absolute atomic E-state index is 4.45. The highest BCUT2D eigenvalue weighted by Crippen LogP contribution is 2.29. The summed E-state index contributed by atoms with van der Waals surface area (Å²) < 4.78 is 4.18. The minimum atomic E-state index is 0.808. The van der Waals surface area contributed by atoms with E-state index in [1.54, 1.807) is 34.9 Å². The third-order valence-electron chi connectivity index (χ3n) is 2.88. The zero-order chi connectivity index (χ0) is 14.5. The summed E-state index contributed by atoms with van der Waals surface area (Å²) in [5, 5.41) is 8.28. The minimum Gasteiger partial charge on any atom is -0.330 e. The number of hydrogen-bond acceptors (Lipinski definition) is 6. The molecule has 7 heteroatoms. The molecular weight excluding hydrogens is 320 g/mol. The van der Waals surface area contributed by atoms with Crippen molar-refractivity contribution in [1.82, 2.24) is 19.7 Å². The molecule has 0 aliphatic carbocycles. The SMILES string of the molecule is CSc1nnc(SCc2nccn2Cc2ccccc2)s1. The van der Waals surface area contributed by atoms with Crippen LogP contribution in [0.4, 0.5) is 0 Å². The molecule has 0 bridgehead atoms. The molecule has 108 valence electrons. The Bertz CT molecular complexity index is 693. The third kappa shape index (κ3) is 3.87. The Kier molecular flexibility index (Phi) is 4.95. The van der Waals surface area contributed by atoms with Crippen molar-refractivity contribution in [2.24, 2.45) is 0 Å². The van der Waals surface area contributed by atoms with E-state index >= 15 is 0 Å². The molecule has 0 fully saturated rings. The Hall–Kier alpha value is -1.31. The quantitative estimate of drug-likeness (QED) is 0.642. The molecule has 0 saturated heterocycles. The molecular formula is C14H14N4S3. The second kappa shape index (κ2) is 7.11. The first-order chi connectivity index (χ1) is 10.3. The Morgan fingerprint density at radius 3 is 2.71 bits per heavy atom. The zero-order valence-electron chi connectivity index (χ0n) is 11.5. The van der Waals surface area contributed by atoms with Crippen molar-refractivity contribution in [1.29, 1.82) is 0 Å². The molecule has 0 N–H and O–H groups in total. The number of imidazole rings is 1. The number of rotatable bonds is 6. The highest BCUT2D eigenvalue weighted by Gasteiger charge is 2.08. The van der Waals surface area contributed by atoms with Crippen molar-refractivity contribution >= 4 is 34.9 Å². The molecule has 0 unspecified atom stereocenters. The Morgan fingerprint density at radius 1 is 1.14 bits per heavy atom. The van der Waals surface area contributed by atoms with E-state index in [9.17, 15) is 0 Å². The van der Waals surface area contributed by atoms with E-state index in [2.05, 4.69) is 44.0 Å². The molecule has 3 aromatic rings. The summed E-state index contributed by atoms with van der Waals surface area (Å²) in [5.74, 6) is 1.87. The smallest absolute Gasteiger partial charge is 0.175 e. The molecule has 21 heavy (non-hydrogen) atoms. The monoisotopic (exact) mass is 334 g/mol. The van der Waals surface area contributed by atoms with Gasteiger partial charge in [-0.2, -0.15) is 0 Å². The molecule has 0 radical (unpaired) electrons. The fourth-order valence-corrected chi connectivity index (χ4v) is 4.27. The summed E-state index contributed by atoms with van der Waals surface area (Å²) in [4.78, 5) is 4.45. The number of benzene rings is 1. The van der Waals surface area contributed by atoms with Gasteiger partial charge in [0, 0.05) is 18.9 Å². The summed E-state index contributed by atoms with van der Waals surface area (Å²) >= 11 is 4.95. The van der Waals surface area contributed by atoms with Crippen LogP contribution in [0.25, 0.3) is 0 Å². The number of hydrogen-bond donors (Lipinski definition) is 0. The summed E-state index contributed by atoms with van der Waals surface area (Å²) in [7, 11) is 0. The average Bonchev–Trinajstić information content (AvgIpc) is 3.15. The van der Waals surface area contributed by atoms with Crippen LogP contribution in [-0.2, 0) is 12.3 Å². The van der Waals surface area contributed by atoms with Gasteiger partial charge in [-0.3, -0.25) is 0 Å². The molecule has 0 saturated carbocycles. The van der Waals surface area contributed by atoms with Crippen molar-refractivity contribution < 1.29 is 0 Å². The summed E-state index contributed by atoms with van der Waals surface area (Å²) in [6.07, 6.45) is 5.89. The fraction of sp³-hybridized carbons (Fsp3) is 0.214. The van der Waals surface area contributed by atoms with Crippen LogP contribution in [0.15, 0.2) is 51.4 Å². The predicted molar refractivity (Wildman–Crippen MR) is 89.0 cm³/mol. The first-order valence-electron chi connectivity index (χ1n) is 6.39. The van der Waals surface area contributed by atoms with E-state index < -0.39 is 0 Å². The average molecular weight is 334 g/mol. The number of nitrogens with zero attached hydrogens (tertiary/aromatic N) is 4. The van der Waals surface area contributed by atoms with Crippen molar-refractivity contribution in [3.63, 3.8) is 0 Å². The molecule has 2 heterocycles. The van der Waals surface area contributed by atoms with Gasteiger partial charge in [0.1, 0.15) is 5.82 Å². The van der Waals surface area contributed by atoms with Crippen LogP contribution in [-0.4, -0.2) is 26.0 Å².